The normalized spacial score (nSPS) is 11.2. The number of anilines is 3. The molecule has 0 aliphatic rings. The van der Waals surface area contributed by atoms with Gasteiger partial charge in [-0.15, -0.1) is 24.0 Å². The van der Waals surface area contributed by atoms with E-state index in [1.165, 1.54) is 33.0 Å². The first kappa shape index (κ1) is 34.7. The van der Waals surface area contributed by atoms with E-state index in [-0.39, 0.29) is 0 Å². The summed E-state index contributed by atoms with van der Waals surface area (Å²) in [7, 11) is 0. The van der Waals surface area contributed by atoms with E-state index in [2.05, 4.69) is 211 Å². The van der Waals surface area contributed by atoms with Gasteiger partial charge in [-0.3, -0.25) is 0 Å². The van der Waals surface area contributed by atoms with Gasteiger partial charge in [-0.1, -0.05) is 158 Å². The second-order valence-electron chi connectivity index (χ2n) is 14.2. The molecule has 9 aromatic carbocycles. The molecule has 2 nitrogen and oxygen atoms in total. The van der Waals surface area contributed by atoms with Crippen LogP contribution in [0.3, 0.4) is 0 Å². The Morgan fingerprint density at radius 2 is 0.930 bits per heavy atom. The lowest BCUT2D eigenvalue weighted by molar-refractivity contribution is 1.28. The molecule has 0 aliphatic carbocycles. The van der Waals surface area contributed by atoms with E-state index >= 15 is 0 Å². The highest BCUT2D eigenvalue weighted by atomic mass is 32.1. The van der Waals surface area contributed by atoms with E-state index in [4.69, 9.17) is 17.6 Å². The van der Waals surface area contributed by atoms with Crippen molar-refractivity contribution in [2.24, 2.45) is 0 Å². The fourth-order valence-electron chi connectivity index (χ4n) is 7.72. The molecular formula is C53H36N2S2. The zero-order valence-electron chi connectivity index (χ0n) is 31.0. The summed E-state index contributed by atoms with van der Waals surface area (Å²) in [5, 5.41) is 3.49. The zero-order chi connectivity index (χ0) is 38.1. The van der Waals surface area contributed by atoms with Gasteiger partial charge in [0, 0.05) is 27.5 Å². The van der Waals surface area contributed by atoms with E-state index in [1.54, 1.807) is 11.3 Å². The van der Waals surface area contributed by atoms with Crippen LogP contribution in [0.25, 0.3) is 76.1 Å². The van der Waals surface area contributed by atoms with Gasteiger partial charge in [0.05, 0.1) is 10.2 Å². The summed E-state index contributed by atoms with van der Waals surface area (Å²) in [5.74, 6) is 0. The summed E-state index contributed by atoms with van der Waals surface area (Å²) in [6.07, 6.45) is 0. The van der Waals surface area contributed by atoms with Crippen molar-refractivity contribution in [2.75, 3.05) is 4.90 Å². The minimum absolute atomic E-state index is 0.910. The van der Waals surface area contributed by atoms with Gasteiger partial charge in [0.15, 0.2) is 0 Å². The van der Waals surface area contributed by atoms with Crippen LogP contribution in [0.15, 0.2) is 217 Å². The summed E-state index contributed by atoms with van der Waals surface area (Å²) in [6.45, 7) is 0. The third kappa shape index (κ3) is 6.91. The summed E-state index contributed by atoms with van der Waals surface area (Å²) >= 11 is 6.73. The van der Waals surface area contributed by atoms with Crippen molar-refractivity contribution < 1.29 is 0 Å². The average Bonchev–Trinajstić information content (AvgIpc) is 3.70. The Morgan fingerprint density at radius 3 is 1.67 bits per heavy atom. The largest absolute Gasteiger partial charge is 0.310 e. The van der Waals surface area contributed by atoms with Gasteiger partial charge >= 0.3 is 0 Å². The fourth-order valence-corrected chi connectivity index (χ4v) is 9.02. The lowest BCUT2D eigenvalue weighted by Gasteiger charge is -2.26. The highest BCUT2D eigenvalue weighted by Gasteiger charge is 2.17. The third-order valence-electron chi connectivity index (χ3n) is 10.6. The van der Waals surface area contributed by atoms with E-state index in [0.29, 0.717) is 0 Å². The molecule has 0 unspecified atom stereocenters. The SMILES string of the molecule is Sc1cc2nc(-c3ccccc3)sc2cc1-c1ccccc1-c1ccc(N(c2ccc(-c3ccccc3)cc2)c2cccc(-c3ccc4ccccc4c3)c2)cc1. The Labute approximate surface area is 342 Å². The van der Waals surface area contributed by atoms with Crippen LogP contribution in [0.2, 0.25) is 0 Å². The van der Waals surface area contributed by atoms with E-state index in [0.717, 1.165) is 65.0 Å². The topological polar surface area (TPSA) is 16.1 Å². The van der Waals surface area contributed by atoms with Crippen LogP contribution >= 0.6 is 24.0 Å². The van der Waals surface area contributed by atoms with Gasteiger partial charge in [-0.05, 0) is 110 Å². The highest BCUT2D eigenvalue weighted by Crippen LogP contribution is 2.42. The fraction of sp³-hybridized carbons (Fsp3) is 0. The summed E-state index contributed by atoms with van der Waals surface area (Å²) in [5.41, 5.74) is 14.6. The predicted octanol–water partition coefficient (Wildman–Crippen LogP) is 15.5. The molecule has 1 heterocycles. The van der Waals surface area contributed by atoms with Crippen LogP contribution in [0.4, 0.5) is 17.1 Å². The number of hydrogen-bond donors (Lipinski definition) is 1. The van der Waals surface area contributed by atoms with Crippen molar-refractivity contribution in [3.8, 4) is 55.1 Å². The van der Waals surface area contributed by atoms with E-state index in [9.17, 15) is 0 Å². The maximum Gasteiger partial charge on any atom is 0.124 e. The molecule has 0 saturated carbocycles. The molecule has 0 N–H and O–H groups in total. The molecule has 1 aromatic heterocycles. The number of aromatic nitrogens is 1. The molecule has 0 aliphatic heterocycles. The Balaban J connectivity index is 1.03. The van der Waals surface area contributed by atoms with Crippen molar-refractivity contribution in [1.82, 2.24) is 4.98 Å². The van der Waals surface area contributed by atoms with Crippen LogP contribution in [-0.4, -0.2) is 4.98 Å². The smallest absolute Gasteiger partial charge is 0.124 e. The molecule has 0 fully saturated rings. The Hall–Kier alpha value is -6.72. The Morgan fingerprint density at radius 1 is 0.368 bits per heavy atom. The second kappa shape index (κ2) is 15.1. The maximum atomic E-state index is 5.01. The zero-order valence-corrected chi connectivity index (χ0v) is 32.7. The van der Waals surface area contributed by atoms with Gasteiger partial charge in [-0.25, -0.2) is 4.98 Å². The molecule has 0 atom stereocenters. The number of thiol groups is 1. The Bertz CT molecular complexity index is 3010. The second-order valence-corrected chi connectivity index (χ2v) is 15.7. The van der Waals surface area contributed by atoms with Gasteiger partial charge in [0.2, 0.25) is 0 Å². The lowest BCUT2D eigenvalue weighted by atomic mass is 9.94. The van der Waals surface area contributed by atoms with E-state index in [1.807, 2.05) is 6.07 Å². The van der Waals surface area contributed by atoms with Crippen LogP contribution < -0.4 is 4.90 Å². The van der Waals surface area contributed by atoms with Crippen molar-refractivity contribution in [3.05, 3.63) is 212 Å². The van der Waals surface area contributed by atoms with Crippen LogP contribution in [-0.2, 0) is 0 Å². The monoisotopic (exact) mass is 764 g/mol. The first-order valence-electron chi connectivity index (χ1n) is 19.1. The summed E-state index contributed by atoms with van der Waals surface area (Å²) < 4.78 is 1.15. The van der Waals surface area contributed by atoms with Crippen LogP contribution in [0.5, 0.6) is 0 Å². The number of benzene rings is 9. The van der Waals surface area contributed by atoms with E-state index < -0.39 is 0 Å². The molecule has 270 valence electrons. The number of fused-ring (bicyclic) bond motifs is 2. The standard InChI is InChI=1S/C53H36N2S2/c56-51-35-50-52(57-53(54-50)40-15-5-2-6-16-40)34-49(51)48-21-10-9-20-47(48)39-26-30-45(31-27-39)55(44-28-24-38(25-29-44)36-12-3-1-4-13-36)46-19-11-18-42(33-46)43-23-22-37-14-7-8-17-41(37)32-43/h1-35,56H. The third-order valence-corrected chi connectivity index (χ3v) is 12.0. The van der Waals surface area contributed by atoms with Crippen molar-refractivity contribution in [1.29, 1.82) is 0 Å². The van der Waals surface area contributed by atoms with Gasteiger partial charge in [0.1, 0.15) is 5.01 Å². The summed E-state index contributed by atoms with van der Waals surface area (Å²) in [6, 6.07) is 75.8. The minimum atomic E-state index is 0.910. The first-order valence-corrected chi connectivity index (χ1v) is 20.3. The quantitative estimate of drug-likeness (QED) is 0.155. The molecule has 10 rings (SSSR count). The minimum Gasteiger partial charge on any atom is -0.310 e. The molecular weight excluding hydrogens is 729 g/mol. The summed E-state index contributed by atoms with van der Waals surface area (Å²) in [4.78, 5) is 8.22. The lowest BCUT2D eigenvalue weighted by Crippen LogP contribution is -2.10. The van der Waals surface area contributed by atoms with Crippen LogP contribution in [0.1, 0.15) is 0 Å². The number of thiazole rings is 1. The molecule has 0 saturated heterocycles. The van der Waals surface area contributed by atoms with Crippen LogP contribution in [0, 0.1) is 0 Å². The van der Waals surface area contributed by atoms with Crippen molar-refractivity contribution in [3.63, 3.8) is 0 Å². The molecule has 0 spiro atoms. The number of hydrogen-bond acceptors (Lipinski definition) is 4. The van der Waals surface area contributed by atoms with Crippen molar-refractivity contribution >= 4 is 62.0 Å². The highest BCUT2D eigenvalue weighted by molar-refractivity contribution is 7.80. The molecule has 10 aromatic rings. The molecule has 0 radical (unpaired) electrons. The number of nitrogens with zero attached hydrogens (tertiary/aromatic N) is 2. The number of rotatable bonds is 8. The molecule has 0 bridgehead atoms. The molecule has 4 heteroatoms. The van der Waals surface area contributed by atoms with Gasteiger partial charge in [0.25, 0.3) is 0 Å². The average molecular weight is 765 g/mol. The molecule has 0 amide bonds. The Kier molecular flexibility index (Phi) is 9.19. The molecule has 57 heavy (non-hydrogen) atoms. The predicted molar refractivity (Wildman–Crippen MR) is 246 cm³/mol. The first-order chi connectivity index (χ1) is 28.1. The van der Waals surface area contributed by atoms with Gasteiger partial charge < -0.3 is 4.90 Å². The van der Waals surface area contributed by atoms with Gasteiger partial charge in [-0.2, -0.15) is 0 Å². The maximum absolute atomic E-state index is 5.01. The van der Waals surface area contributed by atoms with Crippen molar-refractivity contribution in [2.45, 2.75) is 4.90 Å².